The first-order valence-electron chi connectivity index (χ1n) is 5.44. The summed E-state index contributed by atoms with van der Waals surface area (Å²) < 4.78 is 37.9. The van der Waals surface area contributed by atoms with Crippen molar-refractivity contribution in [3.8, 4) is 0 Å². The first-order valence-corrected chi connectivity index (χ1v) is 5.44. The fourth-order valence-electron chi connectivity index (χ4n) is 1.50. The molecule has 0 aliphatic carbocycles. The Bertz CT molecular complexity index is 394. The molecule has 4 heteroatoms. The molecule has 0 bridgehead atoms. The van der Waals surface area contributed by atoms with Gasteiger partial charge in [-0.3, -0.25) is 0 Å². The van der Waals surface area contributed by atoms with Crippen LogP contribution in [0.2, 0.25) is 0 Å². The van der Waals surface area contributed by atoms with Crippen molar-refractivity contribution in [2.45, 2.75) is 19.5 Å². The lowest BCUT2D eigenvalue weighted by atomic mass is 10.0. The fourth-order valence-corrected chi connectivity index (χ4v) is 1.50. The van der Waals surface area contributed by atoms with Crippen LogP contribution in [0, 0.1) is 6.92 Å². The van der Waals surface area contributed by atoms with Gasteiger partial charge in [0.1, 0.15) is 0 Å². The topological polar surface area (TPSA) is 12.0 Å². The Morgan fingerprint density at radius 3 is 2.59 bits per heavy atom. The monoisotopic (exact) mass is 243 g/mol. The molecule has 17 heavy (non-hydrogen) atoms. The molecule has 1 aromatic carbocycles. The zero-order valence-corrected chi connectivity index (χ0v) is 9.93. The number of aryl methyl sites for hydroxylation is 1. The van der Waals surface area contributed by atoms with Gasteiger partial charge in [0.05, 0.1) is 5.56 Å². The van der Waals surface area contributed by atoms with Gasteiger partial charge < -0.3 is 5.32 Å². The highest BCUT2D eigenvalue weighted by Gasteiger charge is 2.32. The van der Waals surface area contributed by atoms with E-state index in [0.29, 0.717) is 5.56 Å². The molecular formula is C13H16F3N. The molecule has 0 atom stereocenters. The highest BCUT2D eigenvalue weighted by atomic mass is 19.4. The van der Waals surface area contributed by atoms with E-state index in [9.17, 15) is 13.2 Å². The molecule has 1 N–H and O–H groups in total. The second-order valence-electron chi connectivity index (χ2n) is 3.87. The van der Waals surface area contributed by atoms with Crippen LogP contribution in [0.1, 0.15) is 23.1 Å². The molecule has 0 radical (unpaired) electrons. The Balaban J connectivity index is 2.86. The molecule has 1 nitrogen and oxygen atoms in total. The van der Waals surface area contributed by atoms with Gasteiger partial charge in [-0.05, 0) is 44.1 Å². The predicted molar refractivity (Wildman–Crippen MR) is 63.8 cm³/mol. The van der Waals surface area contributed by atoms with E-state index >= 15 is 0 Å². The molecule has 0 saturated heterocycles. The van der Waals surface area contributed by atoms with Gasteiger partial charge in [-0.15, -0.1) is 0 Å². The minimum Gasteiger partial charge on any atom is -0.319 e. The van der Waals surface area contributed by atoms with E-state index < -0.39 is 11.7 Å². The predicted octanol–water partition coefficient (Wildman–Crippen LogP) is 3.64. The highest BCUT2D eigenvalue weighted by Crippen LogP contribution is 2.32. The van der Waals surface area contributed by atoms with E-state index in [1.165, 1.54) is 19.1 Å². The second-order valence-corrected chi connectivity index (χ2v) is 3.87. The van der Waals surface area contributed by atoms with Crippen molar-refractivity contribution in [3.05, 3.63) is 41.0 Å². The average molecular weight is 243 g/mol. The van der Waals surface area contributed by atoms with Crippen LogP contribution in [0.3, 0.4) is 0 Å². The van der Waals surface area contributed by atoms with E-state index in [4.69, 9.17) is 0 Å². The van der Waals surface area contributed by atoms with Gasteiger partial charge >= 0.3 is 6.18 Å². The molecule has 0 saturated carbocycles. The summed E-state index contributed by atoms with van der Waals surface area (Å²) in [7, 11) is 1.83. The lowest BCUT2D eigenvalue weighted by molar-refractivity contribution is -0.138. The van der Waals surface area contributed by atoms with Crippen molar-refractivity contribution in [1.29, 1.82) is 0 Å². The van der Waals surface area contributed by atoms with Gasteiger partial charge in [-0.1, -0.05) is 24.3 Å². The molecule has 1 aromatic rings. The van der Waals surface area contributed by atoms with Crippen molar-refractivity contribution in [2.24, 2.45) is 0 Å². The minimum atomic E-state index is -4.28. The molecule has 0 heterocycles. The van der Waals surface area contributed by atoms with Crippen LogP contribution in [0.4, 0.5) is 13.2 Å². The van der Waals surface area contributed by atoms with E-state index in [0.717, 1.165) is 13.0 Å². The highest BCUT2D eigenvalue weighted by molar-refractivity contribution is 5.52. The molecule has 0 unspecified atom stereocenters. The maximum atomic E-state index is 12.6. The Kier molecular flexibility index (Phi) is 4.75. The molecular weight excluding hydrogens is 227 g/mol. The maximum absolute atomic E-state index is 12.6. The third-order valence-corrected chi connectivity index (χ3v) is 2.44. The standard InChI is InChI=1S/C13H16F3N/c1-10-6-7-11(5-3-4-8-17-2)9-12(10)13(14,15)16/h3,5-7,9,17H,4,8H2,1-2H3. The van der Waals surface area contributed by atoms with E-state index in [1.54, 1.807) is 12.1 Å². The third kappa shape index (κ3) is 4.23. The van der Waals surface area contributed by atoms with Gasteiger partial charge in [0.15, 0.2) is 0 Å². The van der Waals surface area contributed by atoms with E-state index in [-0.39, 0.29) is 5.56 Å². The number of rotatable bonds is 4. The number of benzene rings is 1. The van der Waals surface area contributed by atoms with Crippen LogP contribution in [0.15, 0.2) is 24.3 Å². The zero-order valence-electron chi connectivity index (χ0n) is 9.93. The minimum absolute atomic E-state index is 0.255. The fraction of sp³-hybridized carbons (Fsp3) is 0.385. The molecule has 0 amide bonds. The number of hydrogen-bond donors (Lipinski definition) is 1. The van der Waals surface area contributed by atoms with Crippen LogP contribution in [-0.2, 0) is 6.18 Å². The van der Waals surface area contributed by atoms with Crippen LogP contribution in [0.5, 0.6) is 0 Å². The summed E-state index contributed by atoms with van der Waals surface area (Å²) in [5.74, 6) is 0. The lowest BCUT2D eigenvalue weighted by Crippen LogP contribution is -2.07. The van der Waals surface area contributed by atoms with Crippen LogP contribution >= 0.6 is 0 Å². The van der Waals surface area contributed by atoms with Crippen LogP contribution < -0.4 is 5.32 Å². The first kappa shape index (κ1) is 13.8. The van der Waals surface area contributed by atoms with Gasteiger partial charge in [-0.25, -0.2) is 0 Å². The summed E-state index contributed by atoms with van der Waals surface area (Å²) in [4.78, 5) is 0. The Hall–Kier alpha value is -1.29. The second kappa shape index (κ2) is 5.87. The van der Waals surface area contributed by atoms with Gasteiger partial charge in [-0.2, -0.15) is 13.2 Å². The lowest BCUT2D eigenvalue weighted by Gasteiger charge is -2.10. The number of nitrogens with one attached hydrogen (secondary N) is 1. The number of hydrogen-bond acceptors (Lipinski definition) is 1. The Labute approximate surface area is 99.3 Å². The molecule has 0 fully saturated rings. The van der Waals surface area contributed by atoms with Gasteiger partial charge in [0.25, 0.3) is 0 Å². The van der Waals surface area contributed by atoms with Crippen LogP contribution in [-0.4, -0.2) is 13.6 Å². The summed E-state index contributed by atoms with van der Waals surface area (Å²) in [6.45, 7) is 2.28. The van der Waals surface area contributed by atoms with Crippen molar-refractivity contribution < 1.29 is 13.2 Å². The average Bonchev–Trinajstić information content (AvgIpc) is 2.25. The Morgan fingerprint density at radius 2 is 2.00 bits per heavy atom. The van der Waals surface area contributed by atoms with Crippen molar-refractivity contribution in [3.63, 3.8) is 0 Å². The number of alkyl halides is 3. The summed E-state index contributed by atoms with van der Waals surface area (Å²) in [6, 6.07) is 4.38. The first-order chi connectivity index (χ1) is 7.95. The molecule has 0 aliphatic rings. The molecule has 0 aliphatic heterocycles. The van der Waals surface area contributed by atoms with E-state index in [1.807, 2.05) is 13.1 Å². The largest absolute Gasteiger partial charge is 0.416 e. The van der Waals surface area contributed by atoms with Gasteiger partial charge in [0.2, 0.25) is 0 Å². The zero-order chi connectivity index (χ0) is 12.9. The maximum Gasteiger partial charge on any atom is 0.416 e. The quantitative estimate of drug-likeness (QED) is 0.796. The summed E-state index contributed by atoms with van der Waals surface area (Å²) in [5.41, 5.74) is 0.275. The van der Waals surface area contributed by atoms with E-state index in [2.05, 4.69) is 5.32 Å². The van der Waals surface area contributed by atoms with Crippen molar-refractivity contribution in [2.75, 3.05) is 13.6 Å². The normalized spacial score (nSPS) is 12.3. The SMILES string of the molecule is CNCCC=Cc1ccc(C)c(C(F)(F)F)c1. The smallest absolute Gasteiger partial charge is 0.319 e. The molecule has 94 valence electrons. The van der Waals surface area contributed by atoms with Crippen LogP contribution in [0.25, 0.3) is 6.08 Å². The van der Waals surface area contributed by atoms with Gasteiger partial charge in [0, 0.05) is 0 Å². The summed E-state index contributed by atoms with van der Waals surface area (Å²) >= 11 is 0. The molecule has 1 rings (SSSR count). The molecule has 0 aromatic heterocycles. The number of halogens is 3. The van der Waals surface area contributed by atoms with Crippen molar-refractivity contribution in [1.82, 2.24) is 5.32 Å². The Morgan fingerprint density at radius 1 is 1.29 bits per heavy atom. The summed E-state index contributed by atoms with van der Waals surface area (Å²) in [6.07, 6.45) is 0.0952. The summed E-state index contributed by atoms with van der Waals surface area (Å²) in [5, 5.41) is 2.97. The molecule has 0 spiro atoms. The third-order valence-electron chi connectivity index (χ3n) is 2.44. The van der Waals surface area contributed by atoms with Crippen molar-refractivity contribution >= 4 is 6.08 Å².